The molecule has 1 aliphatic heterocycles. The first-order valence-corrected chi connectivity index (χ1v) is 3.55. The number of hydrogen-bond donors (Lipinski definition) is 1. The first kappa shape index (κ1) is 12.6. The predicted octanol–water partition coefficient (Wildman–Crippen LogP) is -4.13. The molecule has 1 N–H and O–H groups in total. The van der Waals surface area contributed by atoms with Crippen LogP contribution in [0, 0.1) is 5.92 Å². The van der Waals surface area contributed by atoms with Crippen LogP contribution in [0.3, 0.4) is 0 Å². The van der Waals surface area contributed by atoms with Crippen molar-refractivity contribution >= 4 is 17.7 Å². The van der Waals surface area contributed by atoms with E-state index in [4.69, 9.17) is 0 Å². The van der Waals surface area contributed by atoms with Crippen LogP contribution in [0.2, 0.25) is 0 Å². The quantitative estimate of drug-likeness (QED) is 0.261. The summed E-state index contributed by atoms with van der Waals surface area (Å²) in [4.78, 5) is 32.9. The Balaban J connectivity index is 0.00000144. The van der Waals surface area contributed by atoms with Crippen LogP contribution in [0.5, 0.6) is 0 Å². The molecule has 66 valence electrons. The van der Waals surface area contributed by atoms with E-state index in [1.807, 2.05) is 0 Å². The maximum absolute atomic E-state index is 11.0. The Kier molecular flexibility index (Phi) is 5.20. The Bertz CT molecular complexity index is 214. The van der Waals surface area contributed by atoms with E-state index in [1.165, 1.54) is 0 Å². The third kappa shape index (κ3) is 2.79. The van der Waals surface area contributed by atoms with Gasteiger partial charge in [0.2, 0.25) is 5.91 Å². The number of amides is 1. The third-order valence-corrected chi connectivity index (χ3v) is 1.69. The molecule has 6 heteroatoms. The predicted molar refractivity (Wildman–Crippen MR) is 38.1 cm³/mol. The second-order valence-corrected chi connectivity index (χ2v) is 2.46. The van der Waals surface area contributed by atoms with Crippen LogP contribution >= 0.6 is 0 Å². The van der Waals surface area contributed by atoms with Gasteiger partial charge in [-0.15, -0.1) is 0 Å². The summed E-state index contributed by atoms with van der Waals surface area (Å²) in [5.41, 5.74) is 0. The molecule has 0 aromatic rings. The fourth-order valence-electron chi connectivity index (χ4n) is 1.06. The molecule has 0 bridgehead atoms. The molecule has 0 spiro atoms. The molecule has 5 nitrogen and oxygen atoms in total. The van der Waals surface area contributed by atoms with E-state index in [1.54, 1.807) is 0 Å². The van der Waals surface area contributed by atoms with E-state index >= 15 is 0 Å². The molecular formula is C7H9NNaO4+. The SMILES string of the molecule is COC(=O)C1C(=O)CCNC1=O.[Na+]. The van der Waals surface area contributed by atoms with Gasteiger partial charge in [-0.3, -0.25) is 14.4 Å². The van der Waals surface area contributed by atoms with Crippen LogP contribution < -0.4 is 34.9 Å². The summed E-state index contributed by atoms with van der Waals surface area (Å²) in [5, 5.41) is 2.42. The minimum Gasteiger partial charge on any atom is -0.468 e. The monoisotopic (exact) mass is 194 g/mol. The number of methoxy groups -OCH3 is 1. The normalized spacial score (nSPS) is 21.5. The molecule has 1 fully saturated rings. The first-order chi connectivity index (χ1) is 5.66. The molecule has 1 saturated heterocycles. The molecule has 0 aliphatic carbocycles. The molecule has 13 heavy (non-hydrogen) atoms. The number of nitrogens with one attached hydrogen (secondary N) is 1. The van der Waals surface area contributed by atoms with Crippen molar-refractivity contribution in [1.29, 1.82) is 0 Å². The van der Waals surface area contributed by atoms with Crippen molar-refractivity contribution < 1.29 is 48.7 Å². The van der Waals surface area contributed by atoms with Gasteiger partial charge in [-0.05, 0) is 0 Å². The number of piperidine rings is 1. The maximum atomic E-state index is 11.0. The molecule has 0 radical (unpaired) electrons. The Morgan fingerprint density at radius 2 is 2.15 bits per heavy atom. The molecule has 0 aromatic heterocycles. The van der Waals surface area contributed by atoms with E-state index in [0.29, 0.717) is 6.54 Å². The minimum absolute atomic E-state index is 0. The molecule has 1 rings (SSSR count). The standard InChI is InChI=1S/C7H9NO4.Na/c1-12-7(11)5-4(9)2-3-8-6(5)10;/h5H,2-3H2,1H3,(H,8,10);/q;+1. The van der Waals surface area contributed by atoms with Crippen molar-refractivity contribution in [3.63, 3.8) is 0 Å². The van der Waals surface area contributed by atoms with Gasteiger partial charge in [0.1, 0.15) is 0 Å². The van der Waals surface area contributed by atoms with Crippen molar-refractivity contribution in [2.24, 2.45) is 5.92 Å². The van der Waals surface area contributed by atoms with Gasteiger partial charge in [0.15, 0.2) is 11.7 Å². The summed E-state index contributed by atoms with van der Waals surface area (Å²) in [6, 6.07) is 0. The topological polar surface area (TPSA) is 72.5 Å². The molecular weight excluding hydrogens is 185 g/mol. The van der Waals surface area contributed by atoms with Crippen LogP contribution in [0.15, 0.2) is 0 Å². The summed E-state index contributed by atoms with van der Waals surface area (Å²) in [6.45, 7) is 0.311. The van der Waals surface area contributed by atoms with Crippen molar-refractivity contribution in [3.05, 3.63) is 0 Å². The van der Waals surface area contributed by atoms with E-state index in [0.717, 1.165) is 7.11 Å². The average molecular weight is 194 g/mol. The number of esters is 1. The maximum Gasteiger partial charge on any atom is 1.00 e. The van der Waals surface area contributed by atoms with Crippen molar-refractivity contribution in [3.8, 4) is 0 Å². The average Bonchev–Trinajstić information content (AvgIpc) is 2.03. The van der Waals surface area contributed by atoms with Crippen molar-refractivity contribution in [2.75, 3.05) is 13.7 Å². The van der Waals surface area contributed by atoms with Gasteiger partial charge in [0, 0.05) is 13.0 Å². The largest absolute Gasteiger partial charge is 1.00 e. The van der Waals surface area contributed by atoms with Crippen LogP contribution in [-0.4, -0.2) is 31.3 Å². The first-order valence-electron chi connectivity index (χ1n) is 3.55. The van der Waals surface area contributed by atoms with Crippen LogP contribution in [0.4, 0.5) is 0 Å². The second-order valence-electron chi connectivity index (χ2n) is 2.46. The van der Waals surface area contributed by atoms with Gasteiger partial charge in [-0.25, -0.2) is 0 Å². The van der Waals surface area contributed by atoms with Gasteiger partial charge in [-0.1, -0.05) is 0 Å². The summed E-state index contributed by atoms with van der Waals surface area (Å²) in [5.74, 6) is -2.95. The summed E-state index contributed by atoms with van der Waals surface area (Å²) >= 11 is 0. The smallest absolute Gasteiger partial charge is 0.468 e. The number of ketones is 1. The molecule has 1 amide bonds. The minimum atomic E-state index is -1.25. The fourth-order valence-corrected chi connectivity index (χ4v) is 1.06. The number of ether oxygens (including phenoxy) is 1. The molecule has 1 aliphatic rings. The Morgan fingerprint density at radius 3 is 2.62 bits per heavy atom. The zero-order chi connectivity index (χ0) is 9.14. The van der Waals surface area contributed by atoms with Gasteiger partial charge >= 0.3 is 35.5 Å². The number of hydrogen-bond acceptors (Lipinski definition) is 4. The molecule has 0 aromatic carbocycles. The van der Waals surface area contributed by atoms with Crippen molar-refractivity contribution in [1.82, 2.24) is 5.32 Å². The van der Waals surface area contributed by atoms with Gasteiger partial charge in [0.05, 0.1) is 7.11 Å². The zero-order valence-corrected chi connectivity index (χ0v) is 9.62. The molecule has 1 unspecified atom stereocenters. The van der Waals surface area contributed by atoms with Crippen LogP contribution in [0.25, 0.3) is 0 Å². The van der Waals surface area contributed by atoms with E-state index in [2.05, 4.69) is 10.1 Å². The second kappa shape index (κ2) is 5.36. The molecule has 0 saturated carbocycles. The Hall–Kier alpha value is -0.390. The van der Waals surface area contributed by atoms with Gasteiger partial charge < -0.3 is 10.1 Å². The summed E-state index contributed by atoms with van der Waals surface area (Å²) in [6.07, 6.45) is 0.200. The van der Waals surface area contributed by atoms with E-state index < -0.39 is 17.8 Å². The summed E-state index contributed by atoms with van der Waals surface area (Å²) in [7, 11) is 1.15. The summed E-state index contributed by atoms with van der Waals surface area (Å²) < 4.78 is 4.31. The van der Waals surface area contributed by atoms with Gasteiger partial charge in [0.25, 0.3) is 0 Å². The van der Waals surface area contributed by atoms with E-state index in [-0.39, 0.29) is 41.8 Å². The Morgan fingerprint density at radius 1 is 1.54 bits per heavy atom. The number of carbonyl (C=O) groups excluding carboxylic acids is 3. The van der Waals surface area contributed by atoms with E-state index in [9.17, 15) is 14.4 Å². The zero-order valence-electron chi connectivity index (χ0n) is 7.62. The fraction of sp³-hybridized carbons (Fsp3) is 0.571. The number of rotatable bonds is 1. The molecule has 1 atom stereocenters. The number of Topliss-reactive ketones (excluding diaryl/α,β-unsaturated/α-hetero) is 1. The number of carbonyl (C=O) groups is 3. The van der Waals surface area contributed by atoms with Crippen LogP contribution in [-0.2, 0) is 19.1 Å². The van der Waals surface area contributed by atoms with Crippen molar-refractivity contribution in [2.45, 2.75) is 6.42 Å². The molecule has 1 heterocycles. The third-order valence-electron chi connectivity index (χ3n) is 1.69. The van der Waals surface area contributed by atoms with Gasteiger partial charge in [-0.2, -0.15) is 0 Å². The Labute approximate surface area is 97.5 Å². The van der Waals surface area contributed by atoms with Crippen LogP contribution in [0.1, 0.15) is 6.42 Å².